The van der Waals surface area contributed by atoms with Gasteiger partial charge >= 0.3 is 11.9 Å². The van der Waals surface area contributed by atoms with E-state index in [2.05, 4.69) is 23.9 Å². The van der Waals surface area contributed by atoms with Gasteiger partial charge in [-0.05, 0) is 103 Å². The first-order chi connectivity index (χ1) is 15.6. The lowest BCUT2D eigenvalue weighted by atomic mass is 10.0. The standard InChI is InChI=1S/C27H36N2O4/c1-7-32-25(30)21-13-11-19-9-10-20-12-14-22(26(31)33-27(2,3)4)18-24(20)29(23(19)17-21)16-8-15-28(5)6/h11-14,17-18H,7-10,15-16H2,1-6H3. The molecule has 0 aromatic heterocycles. The predicted molar refractivity (Wildman–Crippen MR) is 132 cm³/mol. The van der Waals surface area contributed by atoms with E-state index in [4.69, 9.17) is 9.47 Å². The summed E-state index contributed by atoms with van der Waals surface area (Å²) in [4.78, 5) is 29.6. The van der Waals surface area contributed by atoms with Gasteiger partial charge in [0.2, 0.25) is 0 Å². The lowest BCUT2D eigenvalue weighted by Gasteiger charge is -2.28. The number of hydrogen-bond donors (Lipinski definition) is 0. The zero-order valence-corrected chi connectivity index (χ0v) is 20.7. The molecule has 0 saturated carbocycles. The predicted octanol–water partition coefficient (Wildman–Crippen LogP) is 5.01. The monoisotopic (exact) mass is 452 g/mol. The molecule has 33 heavy (non-hydrogen) atoms. The Morgan fingerprint density at radius 2 is 1.48 bits per heavy atom. The Morgan fingerprint density at radius 1 is 0.939 bits per heavy atom. The molecule has 6 nitrogen and oxygen atoms in total. The van der Waals surface area contributed by atoms with Crippen molar-refractivity contribution in [1.82, 2.24) is 4.90 Å². The third kappa shape index (κ3) is 6.35. The maximum atomic E-state index is 12.8. The summed E-state index contributed by atoms with van der Waals surface area (Å²) in [6.07, 6.45) is 2.66. The number of hydrogen-bond acceptors (Lipinski definition) is 6. The third-order valence-corrected chi connectivity index (χ3v) is 5.55. The van der Waals surface area contributed by atoms with Crippen molar-refractivity contribution in [2.24, 2.45) is 0 Å². The zero-order valence-electron chi connectivity index (χ0n) is 20.7. The quantitative estimate of drug-likeness (QED) is 0.551. The Labute approximate surface area is 197 Å². The molecule has 0 unspecified atom stereocenters. The highest BCUT2D eigenvalue weighted by Gasteiger charge is 2.25. The van der Waals surface area contributed by atoms with E-state index in [1.807, 2.05) is 64.1 Å². The fourth-order valence-corrected chi connectivity index (χ4v) is 4.04. The topological polar surface area (TPSA) is 59.1 Å². The Hall–Kier alpha value is -2.86. The molecule has 1 aliphatic heterocycles. The molecule has 0 bridgehead atoms. The minimum absolute atomic E-state index is 0.319. The largest absolute Gasteiger partial charge is 0.462 e. The Bertz CT molecular complexity index is 1010. The van der Waals surface area contributed by atoms with Gasteiger partial charge in [0, 0.05) is 17.9 Å². The van der Waals surface area contributed by atoms with E-state index in [1.165, 1.54) is 11.1 Å². The number of benzene rings is 2. The Morgan fingerprint density at radius 3 is 1.97 bits per heavy atom. The number of nitrogens with zero attached hydrogens (tertiary/aromatic N) is 2. The molecule has 1 aliphatic rings. The molecule has 178 valence electrons. The molecule has 0 fully saturated rings. The first-order valence-corrected chi connectivity index (χ1v) is 11.7. The van der Waals surface area contributed by atoms with Gasteiger partial charge < -0.3 is 19.3 Å². The van der Waals surface area contributed by atoms with Crippen LogP contribution < -0.4 is 4.90 Å². The van der Waals surface area contributed by atoms with Crippen LogP contribution in [0.3, 0.4) is 0 Å². The molecule has 0 atom stereocenters. The summed E-state index contributed by atoms with van der Waals surface area (Å²) >= 11 is 0. The van der Waals surface area contributed by atoms with Gasteiger partial charge in [0.05, 0.1) is 17.7 Å². The summed E-state index contributed by atoms with van der Waals surface area (Å²) < 4.78 is 10.9. The van der Waals surface area contributed by atoms with Crippen LogP contribution >= 0.6 is 0 Å². The summed E-state index contributed by atoms with van der Waals surface area (Å²) in [5.41, 5.74) is 4.88. The van der Waals surface area contributed by atoms with Crippen LogP contribution in [-0.2, 0) is 22.3 Å². The van der Waals surface area contributed by atoms with E-state index >= 15 is 0 Å². The smallest absolute Gasteiger partial charge is 0.338 e. The molecule has 2 aromatic rings. The molecule has 6 heteroatoms. The molecule has 0 N–H and O–H groups in total. The van der Waals surface area contributed by atoms with Crippen molar-refractivity contribution in [3.8, 4) is 0 Å². The van der Waals surface area contributed by atoms with Crippen LogP contribution in [0.25, 0.3) is 0 Å². The van der Waals surface area contributed by atoms with Gasteiger partial charge in [-0.15, -0.1) is 0 Å². The van der Waals surface area contributed by atoms with Crippen molar-refractivity contribution >= 4 is 23.3 Å². The van der Waals surface area contributed by atoms with Crippen LogP contribution in [0.1, 0.15) is 66.0 Å². The van der Waals surface area contributed by atoms with Crippen LogP contribution in [0.4, 0.5) is 11.4 Å². The van der Waals surface area contributed by atoms with Crippen LogP contribution in [0.5, 0.6) is 0 Å². The van der Waals surface area contributed by atoms with E-state index in [1.54, 1.807) is 0 Å². The van der Waals surface area contributed by atoms with Crippen molar-refractivity contribution in [2.75, 3.05) is 38.7 Å². The number of rotatable bonds is 7. The number of carbonyl (C=O) groups excluding carboxylic acids is 2. The van der Waals surface area contributed by atoms with Gasteiger partial charge in [0.15, 0.2) is 0 Å². The van der Waals surface area contributed by atoms with Crippen LogP contribution in [0.2, 0.25) is 0 Å². The zero-order chi connectivity index (χ0) is 24.2. The van der Waals surface area contributed by atoms with E-state index in [0.29, 0.717) is 17.7 Å². The highest BCUT2D eigenvalue weighted by molar-refractivity contribution is 5.93. The third-order valence-electron chi connectivity index (χ3n) is 5.55. The van der Waals surface area contributed by atoms with Crippen molar-refractivity contribution in [3.63, 3.8) is 0 Å². The van der Waals surface area contributed by atoms with Crippen LogP contribution in [-0.4, -0.2) is 56.2 Å². The number of aryl methyl sites for hydroxylation is 2. The summed E-state index contributed by atoms with van der Waals surface area (Å²) in [5, 5.41) is 0. The van der Waals surface area contributed by atoms with Gasteiger partial charge in [-0.3, -0.25) is 0 Å². The van der Waals surface area contributed by atoms with Crippen molar-refractivity contribution in [2.45, 2.75) is 52.6 Å². The average Bonchev–Trinajstić information content (AvgIpc) is 2.88. The second-order valence-corrected chi connectivity index (χ2v) is 9.72. The van der Waals surface area contributed by atoms with Crippen molar-refractivity contribution in [3.05, 3.63) is 58.7 Å². The maximum Gasteiger partial charge on any atom is 0.338 e. The van der Waals surface area contributed by atoms with Crippen LogP contribution in [0.15, 0.2) is 36.4 Å². The van der Waals surface area contributed by atoms with E-state index < -0.39 is 5.60 Å². The lowest BCUT2D eigenvalue weighted by Crippen LogP contribution is -2.26. The fourth-order valence-electron chi connectivity index (χ4n) is 4.04. The molecule has 0 spiro atoms. The number of ether oxygens (including phenoxy) is 2. The number of anilines is 2. The summed E-state index contributed by atoms with van der Waals surface area (Å²) in [6, 6.07) is 11.6. The second kappa shape index (κ2) is 10.4. The SMILES string of the molecule is CCOC(=O)c1ccc2c(c1)N(CCCN(C)C)c1cc(C(=O)OC(C)(C)C)ccc1CC2. The summed E-state index contributed by atoms with van der Waals surface area (Å²) in [6.45, 7) is 9.46. The Kier molecular flexibility index (Phi) is 7.80. The molecule has 1 heterocycles. The second-order valence-electron chi connectivity index (χ2n) is 9.72. The maximum absolute atomic E-state index is 12.8. The molecular formula is C27H36N2O4. The van der Waals surface area contributed by atoms with Gasteiger partial charge in [-0.1, -0.05) is 12.1 Å². The minimum atomic E-state index is -0.559. The van der Waals surface area contributed by atoms with Crippen molar-refractivity contribution in [1.29, 1.82) is 0 Å². The molecule has 0 radical (unpaired) electrons. The van der Waals surface area contributed by atoms with Gasteiger partial charge in [0.1, 0.15) is 5.60 Å². The van der Waals surface area contributed by atoms with E-state index in [9.17, 15) is 9.59 Å². The first-order valence-electron chi connectivity index (χ1n) is 11.7. The first kappa shape index (κ1) is 24.8. The van der Waals surface area contributed by atoms with E-state index in [0.717, 1.165) is 43.7 Å². The number of esters is 2. The normalized spacial score (nSPS) is 13.2. The molecule has 0 amide bonds. The minimum Gasteiger partial charge on any atom is -0.462 e. The molecular weight excluding hydrogens is 416 g/mol. The van der Waals surface area contributed by atoms with Gasteiger partial charge in [0.25, 0.3) is 0 Å². The summed E-state index contributed by atoms with van der Waals surface area (Å²) in [7, 11) is 4.12. The van der Waals surface area contributed by atoms with Crippen LogP contribution in [0, 0.1) is 0 Å². The highest BCUT2D eigenvalue weighted by atomic mass is 16.6. The molecule has 3 rings (SSSR count). The van der Waals surface area contributed by atoms with Crippen molar-refractivity contribution < 1.29 is 19.1 Å². The lowest BCUT2D eigenvalue weighted by molar-refractivity contribution is 0.00693. The highest BCUT2D eigenvalue weighted by Crippen LogP contribution is 2.38. The van der Waals surface area contributed by atoms with Gasteiger partial charge in [-0.25, -0.2) is 9.59 Å². The number of fused-ring (bicyclic) bond motifs is 2. The number of carbonyl (C=O) groups is 2. The van der Waals surface area contributed by atoms with E-state index in [-0.39, 0.29) is 11.9 Å². The van der Waals surface area contributed by atoms with Gasteiger partial charge in [-0.2, -0.15) is 0 Å². The summed E-state index contributed by atoms with van der Waals surface area (Å²) in [5.74, 6) is -0.649. The fraction of sp³-hybridized carbons (Fsp3) is 0.481. The Balaban J connectivity index is 2.05. The molecule has 0 saturated heterocycles. The molecule has 2 aromatic carbocycles. The average molecular weight is 453 g/mol. The molecule has 0 aliphatic carbocycles.